The van der Waals surface area contributed by atoms with E-state index in [1.54, 1.807) is 71.4 Å². The van der Waals surface area contributed by atoms with Gasteiger partial charge in [0.15, 0.2) is 5.01 Å². The van der Waals surface area contributed by atoms with Crippen molar-refractivity contribution in [2.24, 2.45) is 11.5 Å². The Hall–Kier alpha value is -5.14. The molecule has 18 heteroatoms. The van der Waals surface area contributed by atoms with Gasteiger partial charge in [0, 0.05) is 40.8 Å². The Balaban J connectivity index is 1.18. The van der Waals surface area contributed by atoms with E-state index in [0.717, 1.165) is 14.2 Å². The van der Waals surface area contributed by atoms with Crippen molar-refractivity contribution >= 4 is 70.1 Å². The summed E-state index contributed by atoms with van der Waals surface area (Å²) in [6.45, 7) is 4.34. The van der Waals surface area contributed by atoms with Crippen molar-refractivity contribution in [2.45, 2.75) is 60.5 Å². The number of pyridine rings is 1. The average Bonchev–Trinajstić information content (AvgIpc) is 3.44. The molecule has 5 heterocycles. The molecule has 0 spiro atoms. The molecule has 1 fully saturated rings. The van der Waals surface area contributed by atoms with Crippen molar-refractivity contribution in [1.82, 2.24) is 19.9 Å². The summed E-state index contributed by atoms with van der Waals surface area (Å²) in [6.07, 6.45) is 0. The number of aromatic nitrogens is 3. The second-order valence-electron chi connectivity index (χ2n) is 12.9. The van der Waals surface area contributed by atoms with Crippen molar-refractivity contribution in [3.8, 4) is 11.3 Å². The van der Waals surface area contributed by atoms with E-state index in [4.69, 9.17) is 11.5 Å². The number of carboxylic acid groups (broad SMARTS) is 1. The molecule has 6 N–H and O–H groups in total. The predicted molar refractivity (Wildman–Crippen MR) is 202 cm³/mol. The Morgan fingerprint density at radius 3 is 2.35 bits per heavy atom. The molecular weight excluding hydrogens is 753 g/mol. The van der Waals surface area contributed by atoms with E-state index in [-0.39, 0.29) is 28.9 Å². The van der Waals surface area contributed by atoms with Gasteiger partial charge in [-0.2, -0.15) is 0 Å². The van der Waals surface area contributed by atoms with E-state index in [1.165, 1.54) is 58.5 Å². The number of nitrogens with two attached hydrogens (primary N) is 2. The first-order valence-corrected chi connectivity index (χ1v) is 19.5. The summed E-state index contributed by atoms with van der Waals surface area (Å²) in [5.41, 5.74) is 14.1. The van der Waals surface area contributed by atoms with E-state index in [0.29, 0.717) is 28.1 Å². The molecule has 15 nitrogen and oxygen atoms in total. The maximum atomic E-state index is 14.2. The Kier molecular flexibility index (Phi) is 10.0. The lowest BCUT2D eigenvalue weighted by Crippen LogP contribution is -2.72. The highest BCUT2D eigenvalue weighted by molar-refractivity contribution is 8.02. The third-order valence-electron chi connectivity index (χ3n) is 9.31. The number of aryl methyl sites for hydroxylation is 1. The van der Waals surface area contributed by atoms with Gasteiger partial charge in [0.1, 0.15) is 23.2 Å². The van der Waals surface area contributed by atoms with Gasteiger partial charge in [-0.15, -0.1) is 11.8 Å². The van der Waals surface area contributed by atoms with Crippen LogP contribution >= 0.6 is 34.9 Å². The van der Waals surface area contributed by atoms with Crippen LogP contribution in [0.1, 0.15) is 41.4 Å². The molecule has 54 heavy (non-hydrogen) atoms. The van der Waals surface area contributed by atoms with Crippen molar-refractivity contribution in [2.75, 3.05) is 10.7 Å². The van der Waals surface area contributed by atoms with Crippen LogP contribution in [0.4, 0.5) is 5.69 Å². The number of amides is 4. The van der Waals surface area contributed by atoms with Gasteiger partial charge in [0.2, 0.25) is 17.7 Å². The highest BCUT2D eigenvalue weighted by atomic mass is 32.2. The zero-order chi connectivity index (χ0) is 38.6. The first-order chi connectivity index (χ1) is 25.8. The van der Waals surface area contributed by atoms with Crippen LogP contribution in [0.3, 0.4) is 0 Å². The maximum Gasteiger partial charge on any atom is 0.352 e. The number of aromatic amines is 1. The van der Waals surface area contributed by atoms with Gasteiger partial charge in [-0.05, 0) is 65.3 Å². The van der Waals surface area contributed by atoms with Gasteiger partial charge in [-0.3, -0.25) is 28.9 Å². The van der Waals surface area contributed by atoms with Gasteiger partial charge < -0.3 is 26.5 Å². The summed E-state index contributed by atoms with van der Waals surface area (Å²) in [5, 5.41) is 14.6. The van der Waals surface area contributed by atoms with Gasteiger partial charge in [0.25, 0.3) is 16.8 Å². The summed E-state index contributed by atoms with van der Waals surface area (Å²) in [7, 11) is 0. The number of hydrogen-bond donors (Lipinski definition) is 4. The number of carbonyl (C=O) groups excluding carboxylic acids is 4. The van der Waals surface area contributed by atoms with Crippen molar-refractivity contribution < 1.29 is 33.8 Å². The molecule has 3 aliphatic rings. The smallest absolute Gasteiger partial charge is 0.352 e. The largest absolute Gasteiger partial charge is 0.477 e. The lowest BCUT2D eigenvalue weighted by atomic mass is 9.98. The minimum absolute atomic E-state index is 0.123. The fraction of sp³-hybridized carbons (Fsp3) is 0.278. The van der Waals surface area contributed by atoms with Crippen molar-refractivity contribution in [1.29, 1.82) is 0 Å². The van der Waals surface area contributed by atoms with Crippen LogP contribution in [0.2, 0.25) is 0 Å². The standard InChI is InChI=1S/C36H34N8O7S3/c1-17(37)30(47)42(19(3)45)23-12-9-20(10-13-23)25-14-11-22(29(46)39-25)15-41(31(48)26(38)21-7-5-4-6-8-21)28-32(49)43-27(35(50)51)24(16-52-34(28)43)33-44-36(54-33)53-18(2)40-44/h4-14,17,26,28,33-34H,15-16,37-38H2,1-3H3,(H-,39,46,50,51)/p+1/t17-,26?,28?,33?,34-/m0/s1. The normalized spacial score (nSPS) is 19.8. The number of β-lactam (4-membered cyclic amide) rings is 1. The molecule has 7 rings (SSSR count). The zero-order valence-electron chi connectivity index (χ0n) is 29.2. The van der Waals surface area contributed by atoms with Crippen LogP contribution in [0, 0.1) is 6.92 Å². The Bertz CT molecular complexity index is 2290. The predicted octanol–water partition coefficient (Wildman–Crippen LogP) is 2.28. The number of rotatable bonds is 10. The molecule has 4 aromatic rings. The Morgan fingerprint density at radius 2 is 1.74 bits per heavy atom. The van der Waals surface area contributed by atoms with Crippen LogP contribution < -0.4 is 26.6 Å². The number of carboxylic acids is 1. The van der Waals surface area contributed by atoms with E-state index >= 15 is 0 Å². The number of benzene rings is 2. The number of aliphatic carboxylic acids is 1. The molecule has 2 aromatic heterocycles. The molecule has 3 aliphatic heterocycles. The number of nitrogens with zero attached hydrogens (tertiary/aromatic N) is 5. The fourth-order valence-electron chi connectivity index (χ4n) is 6.63. The lowest BCUT2D eigenvalue weighted by Gasteiger charge is -2.53. The van der Waals surface area contributed by atoms with E-state index in [1.807, 2.05) is 6.92 Å². The van der Waals surface area contributed by atoms with Gasteiger partial charge in [0.05, 0.1) is 23.8 Å². The second kappa shape index (κ2) is 14.6. The first kappa shape index (κ1) is 37.2. The zero-order valence-corrected chi connectivity index (χ0v) is 31.6. The summed E-state index contributed by atoms with van der Waals surface area (Å²) in [6, 6.07) is 15.1. The lowest BCUT2D eigenvalue weighted by molar-refractivity contribution is -0.792. The number of nitrogens with one attached hydrogen (secondary N) is 1. The molecule has 0 radical (unpaired) electrons. The second-order valence-corrected chi connectivity index (χ2v) is 16.6. The summed E-state index contributed by atoms with van der Waals surface area (Å²) < 4.78 is 2.72. The quantitative estimate of drug-likeness (QED) is 0.135. The molecule has 0 saturated carbocycles. The third-order valence-corrected chi connectivity index (χ3v) is 13.0. The number of fused-ring (bicyclic) bond motifs is 2. The summed E-state index contributed by atoms with van der Waals surface area (Å²) >= 11 is 4.35. The minimum atomic E-state index is -1.25. The molecule has 3 unspecified atom stereocenters. The van der Waals surface area contributed by atoms with Gasteiger partial charge in [-0.25, -0.2) is 9.69 Å². The highest BCUT2D eigenvalue weighted by Gasteiger charge is 2.60. The molecule has 5 atom stereocenters. The summed E-state index contributed by atoms with van der Waals surface area (Å²) in [5.74, 6) is -3.21. The number of carbonyl (C=O) groups is 5. The maximum absolute atomic E-state index is 14.2. The Labute approximate surface area is 321 Å². The number of imide groups is 1. The topological polar surface area (TPSA) is 217 Å². The molecule has 278 valence electrons. The summed E-state index contributed by atoms with van der Waals surface area (Å²) in [4.78, 5) is 85.7. The molecule has 0 aliphatic carbocycles. The number of H-pyrrole nitrogens is 1. The van der Waals surface area contributed by atoms with Crippen LogP contribution in [-0.4, -0.2) is 77.8 Å². The van der Waals surface area contributed by atoms with Crippen molar-refractivity contribution in [3.63, 3.8) is 0 Å². The monoisotopic (exact) mass is 787 g/mol. The van der Waals surface area contributed by atoms with Gasteiger partial charge in [-0.1, -0.05) is 42.5 Å². The molecule has 1 saturated heterocycles. The fourth-order valence-corrected chi connectivity index (χ4v) is 10.6. The van der Waals surface area contributed by atoms with Crippen LogP contribution in [0.5, 0.6) is 0 Å². The molecule has 2 aromatic carbocycles. The Morgan fingerprint density at radius 1 is 1.04 bits per heavy atom. The van der Waals surface area contributed by atoms with Crippen LogP contribution in [0.15, 0.2) is 87.1 Å². The average molecular weight is 788 g/mol. The molecular formula is C36H35N8O7S3+. The minimum Gasteiger partial charge on any atom is -0.477 e. The van der Waals surface area contributed by atoms with Crippen LogP contribution in [0.25, 0.3) is 11.3 Å². The van der Waals surface area contributed by atoms with E-state index < -0.39 is 58.7 Å². The number of thioether (sulfide) groups is 2. The van der Waals surface area contributed by atoms with E-state index in [2.05, 4.69) is 10.1 Å². The SMILES string of the molecule is CC(=O)N(C(=O)[C@H](C)N)c1ccc(-c2ccc(CN(C(=O)C(N)c3ccccc3)C3C(=O)N4C(C(=O)O)=C(C5Sc6sc(C)n[n+]65)CS[C@@H]34)c(=O)[nH]2)cc1. The van der Waals surface area contributed by atoms with Crippen LogP contribution in [-0.2, 0) is 30.5 Å². The van der Waals surface area contributed by atoms with E-state index in [9.17, 15) is 33.9 Å². The molecule has 0 bridgehead atoms. The molecule has 4 amide bonds. The van der Waals surface area contributed by atoms with Crippen molar-refractivity contribution in [3.05, 3.63) is 104 Å². The first-order valence-electron chi connectivity index (χ1n) is 16.8. The number of hydrogen-bond acceptors (Lipinski definition) is 12. The third kappa shape index (κ3) is 6.53. The van der Waals surface area contributed by atoms with Gasteiger partial charge >= 0.3 is 10.3 Å². The number of anilines is 1. The highest BCUT2D eigenvalue weighted by Crippen LogP contribution is 2.50.